The van der Waals surface area contributed by atoms with Crippen molar-refractivity contribution in [1.82, 2.24) is 19.9 Å². The number of methoxy groups -OCH3 is 1. The molecule has 1 unspecified atom stereocenters. The number of piperidine rings is 1. The molecule has 0 aliphatic carbocycles. The average molecular weight is 384 g/mol. The second-order valence-electron chi connectivity index (χ2n) is 8.22. The van der Waals surface area contributed by atoms with Crippen LogP contribution in [0.3, 0.4) is 0 Å². The number of amides is 1. The Labute approximate surface area is 165 Å². The number of aromatic nitrogens is 2. The van der Waals surface area contributed by atoms with Crippen molar-refractivity contribution in [3.8, 4) is 5.75 Å². The first-order valence-electron chi connectivity index (χ1n) is 9.89. The summed E-state index contributed by atoms with van der Waals surface area (Å²) in [6, 6.07) is 7.93. The molecule has 1 amide bonds. The van der Waals surface area contributed by atoms with Crippen LogP contribution < -0.4 is 4.74 Å². The van der Waals surface area contributed by atoms with E-state index in [4.69, 9.17) is 9.26 Å². The first-order chi connectivity index (χ1) is 13.5. The van der Waals surface area contributed by atoms with Crippen molar-refractivity contribution in [1.29, 1.82) is 0 Å². The number of nitrogens with zero attached hydrogens (tertiary/aromatic N) is 4. The summed E-state index contributed by atoms with van der Waals surface area (Å²) in [6.07, 6.45) is 3.48. The molecule has 7 nitrogen and oxygen atoms in total. The molecular weight excluding hydrogens is 356 g/mol. The van der Waals surface area contributed by atoms with Crippen LogP contribution in [0.2, 0.25) is 0 Å². The van der Waals surface area contributed by atoms with Crippen molar-refractivity contribution in [3.63, 3.8) is 0 Å². The lowest BCUT2D eigenvalue weighted by atomic mass is 9.76. The van der Waals surface area contributed by atoms with Crippen LogP contribution in [0.5, 0.6) is 5.75 Å². The highest BCUT2D eigenvalue weighted by molar-refractivity contribution is 5.79. The molecule has 0 bridgehead atoms. The van der Waals surface area contributed by atoms with Crippen LogP contribution in [0.25, 0.3) is 0 Å². The van der Waals surface area contributed by atoms with E-state index in [9.17, 15) is 4.79 Å². The van der Waals surface area contributed by atoms with Gasteiger partial charge in [-0.15, -0.1) is 0 Å². The quantitative estimate of drug-likeness (QED) is 0.807. The van der Waals surface area contributed by atoms with Gasteiger partial charge in [-0.1, -0.05) is 17.3 Å². The summed E-state index contributed by atoms with van der Waals surface area (Å²) < 4.78 is 10.7. The van der Waals surface area contributed by atoms with Gasteiger partial charge in [0.1, 0.15) is 5.75 Å². The van der Waals surface area contributed by atoms with Gasteiger partial charge in [-0.2, -0.15) is 4.98 Å². The maximum absolute atomic E-state index is 12.8. The van der Waals surface area contributed by atoms with E-state index >= 15 is 0 Å². The highest BCUT2D eigenvalue weighted by atomic mass is 16.5. The minimum Gasteiger partial charge on any atom is -0.497 e. The SMILES string of the molecule is COc1cccc(CC(=O)N2CCC3(CC2)CC(c2nc(C)no2)N(C)C3)c1. The van der Waals surface area contributed by atoms with Crippen LogP contribution >= 0.6 is 0 Å². The molecule has 3 heterocycles. The van der Waals surface area contributed by atoms with Crippen LogP contribution in [0.15, 0.2) is 28.8 Å². The fraction of sp³-hybridized carbons (Fsp3) is 0.571. The zero-order valence-electron chi connectivity index (χ0n) is 16.9. The zero-order chi connectivity index (χ0) is 19.7. The molecule has 1 spiro atoms. The molecule has 0 saturated carbocycles. The molecule has 0 N–H and O–H groups in total. The molecule has 0 radical (unpaired) electrons. The summed E-state index contributed by atoms with van der Waals surface area (Å²) in [5.41, 5.74) is 1.23. The van der Waals surface area contributed by atoms with Gasteiger partial charge in [0.2, 0.25) is 11.8 Å². The van der Waals surface area contributed by atoms with Crippen LogP contribution in [0, 0.1) is 12.3 Å². The summed E-state index contributed by atoms with van der Waals surface area (Å²) in [4.78, 5) is 21.5. The highest BCUT2D eigenvalue weighted by Crippen LogP contribution is 2.47. The Morgan fingerprint density at radius 3 is 2.82 bits per heavy atom. The summed E-state index contributed by atoms with van der Waals surface area (Å²) in [7, 11) is 3.77. The second kappa shape index (κ2) is 7.54. The van der Waals surface area contributed by atoms with Crippen molar-refractivity contribution in [2.24, 2.45) is 5.41 Å². The van der Waals surface area contributed by atoms with Gasteiger partial charge in [-0.3, -0.25) is 9.69 Å². The summed E-state index contributed by atoms with van der Waals surface area (Å²) >= 11 is 0. The fourth-order valence-electron chi connectivity index (χ4n) is 4.66. The van der Waals surface area contributed by atoms with E-state index < -0.39 is 0 Å². The Kier molecular flexibility index (Phi) is 5.10. The number of ether oxygens (including phenoxy) is 1. The molecule has 2 fully saturated rings. The molecule has 28 heavy (non-hydrogen) atoms. The monoisotopic (exact) mass is 384 g/mol. The van der Waals surface area contributed by atoms with E-state index in [0.29, 0.717) is 18.1 Å². The first-order valence-corrected chi connectivity index (χ1v) is 9.89. The van der Waals surface area contributed by atoms with E-state index in [2.05, 4.69) is 22.1 Å². The largest absolute Gasteiger partial charge is 0.497 e. The maximum atomic E-state index is 12.8. The normalized spacial score (nSPS) is 22.0. The number of aryl methyl sites for hydroxylation is 1. The van der Waals surface area contributed by atoms with E-state index in [1.807, 2.05) is 36.1 Å². The third-order valence-corrected chi connectivity index (χ3v) is 6.24. The van der Waals surface area contributed by atoms with Crippen molar-refractivity contribution >= 4 is 5.91 Å². The number of hydrogen-bond acceptors (Lipinski definition) is 6. The molecule has 150 valence electrons. The van der Waals surface area contributed by atoms with Gasteiger partial charge >= 0.3 is 0 Å². The fourth-order valence-corrected chi connectivity index (χ4v) is 4.66. The molecule has 1 aromatic carbocycles. The van der Waals surface area contributed by atoms with E-state index in [1.165, 1.54) is 0 Å². The zero-order valence-corrected chi connectivity index (χ0v) is 16.9. The van der Waals surface area contributed by atoms with Crippen molar-refractivity contribution in [2.45, 2.75) is 38.6 Å². The van der Waals surface area contributed by atoms with E-state index in [1.54, 1.807) is 7.11 Å². The topological polar surface area (TPSA) is 71.7 Å². The minimum atomic E-state index is 0.181. The van der Waals surface area contributed by atoms with Gasteiger partial charge in [0, 0.05) is 19.6 Å². The number of hydrogen-bond donors (Lipinski definition) is 0. The number of carbonyl (C=O) groups is 1. The number of rotatable bonds is 4. The summed E-state index contributed by atoms with van der Waals surface area (Å²) in [6.45, 7) is 4.49. The van der Waals surface area contributed by atoms with Crippen LogP contribution in [0.1, 0.15) is 42.6 Å². The number of benzene rings is 1. The lowest BCUT2D eigenvalue weighted by molar-refractivity contribution is -0.132. The lowest BCUT2D eigenvalue weighted by Crippen LogP contribution is -2.44. The van der Waals surface area contributed by atoms with Gasteiger partial charge in [0.25, 0.3) is 0 Å². The standard InChI is InChI=1S/C21H28N4O3/c1-15-22-20(28-23-15)18-13-21(14-24(18)2)7-9-25(10-8-21)19(26)12-16-5-4-6-17(11-16)27-3/h4-6,11,18H,7-10,12-14H2,1-3H3. The molecule has 2 aromatic rings. The Morgan fingerprint density at radius 2 is 2.14 bits per heavy atom. The van der Waals surface area contributed by atoms with Crippen molar-refractivity contribution < 1.29 is 14.1 Å². The molecule has 1 atom stereocenters. The Morgan fingerprint density at radius 1 is 1.36 bits per heavy atom. The summed E-state index contributed by atoms with van der Waals surface area (Å²) in [5.74, 6) is 2.38. The van der Waals surface area contributed by atoms with Crippen LogP contribution in [-0.2, 0) is 11.2 Å². The predicted octanol–water partition coefficient (Wildman–Crippen LogP) is 2.61. The van der Waals surface area contributed by atoms with Crippen molar-refractivity contribution in [2.75, 3.05) is 33.8 Å². The molecule has 2 aliphatic rings. The Hall–Kier alpha value is -2.41. The molecule has 7 heteroatoms. The molecule has 2 aliphatic heterocycles. The highest BCUT2D eigenvalue weighted by Gasteiger charge is 2.46. The van der Waals surface area contributed by atoms with Gasteiger partial charge in [0.15, 0.2) is 5.82 Å². The molecule has 4 rings (SSSR count). The second-order valence-corrected chi connectivity index (χ2v) is 8.22. The van der Waals surface area contributed by atoms with Gasteiger partial charge in [-0.05, 0) is 56.3 Å². The Bertz CT molecular complexity index is 842. The molecule has 1 aromatic heterocycles. The first kappa shape index (κ1) is 18.9. The smallest absolute Gasteiger partial charge is 0.243 e. The number of carbonyl (C=O) groups excluding carboxylic acids is 1. The number of likely N-dealkylation sites (tertiary alicyclic amines) is 2. The third kappa shape index (κ3) is 3.76. The Balaban J connectivity index is 1.36. The van der Waals surface area contributed by atoms with Gasteiger partial charge < -0.3 is 14.2 Å². The summed E-state index contributed by atoms with van der Waals surface area (Å²) in [5, 5.41) is 3.94. The molecular formula is C21H28N4O3. The van der Waals surface area contributed by atoms with E-state index in [0.717, 1.165) is 50.2 Å². The van der Waals surface area contributed by atoms with Gasteiger partial charge in [0.05, 0.1) is 19.6 Å². The average Bonchev–Trinajstić information content (AvgIpc) is 3.25. The van der Waals surface area contributed by atoms with Gasteiger partial charge in [-0.25, -0.2) is 0 Å². The van der Waals surface area contributed by atoms with Crippen molar-refractivity contribution in [3.05, 3.63) is 41.5 Å². The van der Waals surface area contributed by atoms with Crippen LogP contribution in [0.4, 0.5) is 0 Å². The third-order valence-electron chi connectivity index (χ3n) is 6.24. The van der Waals surface area contributed by atoms with Crippen LogP contribution in [-0.4, -0.2) is 59.6 Å². The van der Waals surface area contributed by atoms with E-state index in [-0.39, 0.29) is 17.4 Å². The lowest BCUT2D eigenvalue weighted by Gasteiger charge is -2.39. The predicted molar refractivity (Wildman–Crippen MR) is 104 cm³/mol. The molecule has 2 saturated heterocycles. The minimum absolute atomic E-state index is 0.181. The maximum Gasteiger partial charge on any atom is 0.243 e.